The fourth-order valence-electron chi connectivity index (χ4n) is 3.31. The van der Waals surface area contributed by atoms with Crippen LogP contribution in [0.4, 0.5) is 0 Å². The fourth-order valence-corrected chi connectivity index (χ4v) is 4.13. The van der Waals surface area contributed by atoms with Crippen molar-refractivity contribution in [3.05, 3.63) is 64.7 Å². The standard InChI is InChI=1S/C24H24N4O3S/c1-4-21-27-28-22(25)19(23(29)26-24(28)32-21)14-17-6-5-7-18(13-17)30-10-11-31-20-9-8-15(2)12-16(20)3/h5-9,12-14,25H,4,10-11H2,1-3H3/b19-14+,25-22?. The minimum absolute atomic E-state index is 0.0316. The lowest BCUT2D eigenvalue weighted by Crippen LogP contribution is -2.35. The van der Waals surface area contributed by atoms with Gasteiger partial charge in [-0.2, -0.15) is 15.1 Å². The second-order valence-electron chi connectivity index (χ2n) is 7.41. The van der Waals surface area contributed by atoms with Gasteiger partial charge in [-0.3, -0.25) is 10.2 Å². The second-order valence-corrected chi connectivity index (χ2v) is 8.45. The van der Waals surface area contributed by atoms with Gasteiger partial charge in [-0.05, 0) is 67.4 Å². The van der Waals surface area contributed by atoms with Crippen LogP contribution in [0.3, 0.4) is 0 Å². The van der Waals surface area contributed by atoms with Crippen LogP contribution in [0.5, 0.6) is 11.5 Å². The number of benzene rings is 2. The third-order valence-corrected chi connectivity index (χ3v) is 5.96. The van der Waals surface area contributed by atoms with Crippen LogP contribution in [-0.2, 0) is 4.79 Å². The van der Waals surface area contributed by atoms with E-state index >= 15 is 0 Å². The maximum atomic E-state index is 12.5. The molecular formula is C24H24N4O3S. The van der Waals surface area contributed by atoms with Crippen molar-refractivity contribution in [3.8, 4) is 11.5 Å². The smallest absolute Gasteiger partial charge is 0.283 e. The van der Waals surface area contributed by atoms with Crippen molar-refractivity contribution in [2.24, 2.45) is 10.1 Å². The van der Waals surface area contributed by atoms with E-state index in [1.54, 1.807) is 6.08 Å². The number of fused-ring (bicyclic) bond motifs is 1. The molecule has 0 unspecified atom stereocenters. The van der Waals surface area contributed by atoms with Crippen LogP contribution in [0.2, 0.25) is 0 Å². The van der Waals surface area contributed by atoms with Crippen molar-refractivity contribution >= 4 is 39.8 Å². The first-order chi connectivity index (χ1) is 15.4. The van der Waals surface area contributed by atoms with Crippen molar-refractivity contribution < 1.29 is 14.3 Å². The van der Waals surface area contributed by atoms with Crippen LogP contribution in [0, 0.1) is 19.3 Å². The number of thioether (sulfide) groups is 1. The third-order valence-electron chi connectivity index (χ3n) is 4.91. The molecule has 0 atom stereocenters. The largest absolute Gasteiger partial charge is 0.490 e. The summed E-state index contributed by atoms with van der Waals surface area (Å²) in [6.45, 7) is 6.85. The van der Waals surface area contributed by atoms with Gasteiger partial charge in [0.05, 0.1) is 5.57 Å². The molecule has 0 aromatic heterocycles. The maximum absolute atomic E-state index is 12.5. The van der Waals surface area contributed by atoms with Gasteiger partial charge in [-0.25, -0.2) is 0 Å². The van der Waals surface area contributed by atoms with E-state index in [1.807, 2.05) is 50.2 Å². The van der Waals surface area contributed by atoms with Crippen LogP contribution >= 0.6 is 11.8 Å². The average molecular weight is 449 g/mol. The molecule has 1 N–H and O–H groups in total. The Hall–Kier alpha value is -3.39. The quantitative estimate of drug-likeness (QED) is 0.486. The van der Waals surface area contributed by atoms with Crippen LogP contribution in [0.15, 0.2) is 58.1 Å². The predicted octanol–water partition coefficient (Wildman–Crippen LogP) is 4.79. The van der Waals surface area contributed by atoms with Gasteiger partial charge in [0, 0.05) is 0 Å². The summed E-state index contributed by atoms with van der Waals surface area (Å²) in [6.07, 6.45) is 2.38. The molecule has 7 nitrogen and oxygen atoms in total. The summed E-state index contributed by atoms with van der Waals surface area (Å²) in [5.41, 5.74) is 3.24. The summed E-state index contributed by atoms with van der Waals surface area (Å²) in [5.74, 6) is 1.10. The molecule has 4 rings (SSSR count). The van der Waals surface area contributed by atoms with E-state index in [0.29, 0.717) is 24.1 Å². The summed E-state index contributed by atoms with van der Waals surface area (Å²) >= 11 is 1.33. The van der Waals surface area contributed by atoms with Crippen LogP contribution in [0.1, 0.15) is 30.0 Å². The number of amidine groups is 2. The number of carbonyl (C=O) groups excluding carboxylic acids is 1. The maximum Gasteiger partial charge on any atom is 0.283 e. The number of nitrogens with zero attached hydrogens (tertiary/aromatic N) is 3. The van der Waals surface area contributed by atoms with Gasteiger partial charge in [-0.15, -0.1) is 0 Å². The summed E-state index contributed by atoms with van der Waals surface area (Å²) in [6, 6.07) is 13.4. The number of rotatable bonds is 7. The number of hydrogen-bond donors (Lipinski definition) is 1. The number of aliphatic imine (C=N–C) groups is 1. The second kappa shape index (κ2) is 9.40. The molecule has 2 aromatic rings. The van der Waals surface area contributed by atoms with E-state index in [9.17, 15) is 4.79 Å². The van der Waals surface area contributed by atoms with E-state index in [1.165, 1.54) is 22.3 Å². The first-order valence-electron chi connectivity index (χ1n) is 10.4. The first-order valence-corrected chi connectivity index (χ1v) is 11.2. The Balaban J connectivity index is 1.41. The topological polar surface area (TPSA) is 87.3 Å². The molecule has 0 spiro atoms. The summed E-state index contributed by atoms with van der Waals surface area (Å²) in [7, 11) is 0. The van der Waals surface area contributed by atoms with Gasteiger partial charge in [0.15, 0.2) is 5.84 Å². The lowest BCUT2D eigenvalue weighted by Gasteiger charge is -2.20. The van der Waals surface area contributed by atoms with Crippen LogP contribution in [0.25, 0.3) is 6.08 Å². The molecule has 0 fully saturated rings. The molecule has 0 radical (unpaired) electrons. The number of carbonyl (C=O) groups is 1. The summed E-state index contributed by atoms with van der Waals surface area (Å²) in [5, 5.41) is 15.5. The van der Waals surface area contributed by atoms with E-state index < -0.39 is 5.91 Å². The molecule has 2 heterocycles. The van der Waals surface area contributed by atoms with Crippen molar-refractivity contribution in [3.63, 3.8) is 0 Å². The number of ether oxygens (including phenoxy) is 2. The first kappa shape index (κ1) is 21.8. The van der Waals surface area contributed by atoms with Gasteiger partial charge in [0.2, 0.25) is 5.17 Å². The van der Waals surface area contributed by atoms with Crippen molar-refractivity contribution in [2.45, 2.75) is 27.2 Å². The van der Waals surface area contributed by atoms with Crippen molar-refractivity contribution in [1.82, 2.24) is 5.01 Å². The number of hydrazone groups is 1. The Morgan fingerprint density at radius 3 is 2.72 bits per heavy atom. The highest BCUT2D eigenvalue weighted by atomic mass is 32.2. The van der Waals surface area contributed by atoms with Gasteiger partial charge < -0.3 is 9.47 Å². The molecule has 2 aromatic carbocycles. The molecule has 164 valence electrons. The molecule has 2 aliphatic heterocycles. The normalized spacial score (nSPS) is 16.7. The van der Waals surface area contributed by atoms with Gasteiger partial charge in [0.1, 0.15) is 29.8 Å². The Labute approximate surface area is 191 Å². The third kappa shape index (κ3) is 4.75. The van der Waals surface area contributed by atoms with Crippen LogP contribution < -0.4 is 9.47 Å². The molecular weight excluding hydrogens is 424 g/mol. The minimum atomic E-state index is -0.436. The van der Waals surface area contributed by atoms with Gasteiger partial charge in [0.25, 0.3) is 5.91 Å². The molecule has 0 saturated carbocycles. The van der Waals surface area contributed by atoms with Crippen molar-refractivity contribution in [1.29, 1.82) is 5.41 Å². The molecule has 32 heavy (non-hydrogen) atoms. The van der Waals surface area contributed by atoms with Gasteiger partial charge in [-0.1, -0.05) is 36.8 Å². The Bertz CT molecular complexity index is 1170. The van der Waals surface area contributed by atoms with Crippen molar-refractivity contribution in [2.75, 3.05) is 13.2 Å². The molecule has 1 amide bonds. The summed E-state index contributed by atoms with van der Waals surface area (Å²) in [4.78, 5) is 16.6. The average Bonchev–Trinajstić information content (AvgIpc) is 3.19. The van der Waals surface area contributed by atoms with Crippen LogP contribution in [-0.4, -0.2) is 40.2 Å². The lowest BCUT2D eigenvalue weighted by molar-refractivity contribution is -0.114. The zero-order valence-electron chi connectivity index (χ0n) is 18.2. The highest BCUT2D eigenvalue weighted by Gasteiger charge is 2.35. The number of aryl methyl sites for hydroxylation is 2. The predicted molar refractivity (Wildman–Crippen MR) is 129 cm³/mol. The van der Waals surface area contributed by atoms with E-state index in [-0.39, 0.29) is 11.4 Å². The highest BCUT2D eigenvalue weighted by molar-refractivity contribution is 8.26. The summed E-state index contributed by atoms with van der Waals surface area (Å²) < 4.78 is 11.6. The zero-order chi connectivity index (χ0) is 22.7. The van der Waals surface area contributed by atoms with E-state index in [0.717, 1.165) is 28.3 Å². The Morgan fingerprint density at radius 2 is 1.94 bits per heavy atom. The Morgan fingerprint density at radius 1 is 1.12 bits per heavy atom. The SMILES string of the molecule is CCC1=NN2C(=N)/C(=C\c3cccc(OCCOc4ccc(C)cc4C)c3)C(=O)N=C2S1. The molecule has 0 bridgehead atoms. The monoisotopic (exact) mass is 448 g/mol. The number of nitrogens with one attached hydrogen (secondary N) is 1. The molecule has 8 heteroatoms. The Kier molecular flexibility index (Phi) is 6.41. The van der Waals surface area contributed by atoms with Gasteiger partial charge >= 0.3 is 0 Å². The molecule has 2 aliphatic rings. The number of amides is 1. The lowest BCUT2D eigenvalue weighted by atomic mass is 10.1. The van der Waals surface area contributed by atoms with E-state index in [4.69, 9.17) is 14.9 Å². The number of hydrogen-bond acceptors (Lipinski definition) is 6. The molecule has 0 saturated heterocycles. The zero-order valence-corrected chi connectivity index (χ0v) is 19.0. The molecule has 0 aliphatic carbocycles. The minimum Gasteiger partial charge on any atom is -0.490 e. The van der Waals surface area contributed by atoms with E-state index in [2.05, 4.69) is 23.1 Å². The fraction of sp³-hybridized carbons (Fsp3) is 0.250. The highest BCUT2D eigenvalue weighted by Crippen LogP contribution is 2.29.